The lowest BCUT2D eigenvalue weighted by Crippen LogP contribution is -2.11. The van der Waals surface area contributed by atoms with Crippen molar-refractivity contribution in [3.8, 4) is 11.5 Å². The molecule has 0 aliphatic heterocycles. The molecule has 2 fully saturated rings. The lowest BCUT2D eigenvalue weighted by Gasteiger charge is -2.20. The number of carbonyl (C=O) groups is 2. The number of hydrogen-bond donors (Lipinski definition) is 0. The van der Waals surface area contributed by atoms with E-state index in [-0.39, 0.29) is 18.2 Å². The summed E-state index contributed by atoms with van der Waals surface area (Å²) < 4.78 is 17.1. The Labute approximate surface area is 223 Å². The Bertz CT molecular complexity index is 1020. The Morgan fingerprint density at radius 2 is 1.46 bits per heavy atom. The zero-order valence-corrected chi connectivity index (χ0v) is 23.6. The summed E-state index contributed by atoms with van der Waals surface area (Å²) in [6.07, 6.45) is 8.91. The van der Waals surface area contributed by atoms with Gasteiger partial charge < -0.3 is 14.2 Å². The van der Waals surface area contributed by atoms with Gasteiger partial charge in [0.15, 0.2) is 6.29 Å². The van der Waals surface area contributed by atoms with E-state index in [1.54, 1.807) is 6.07 Å². The first-order valence-corrected chi connectivity index (χ1v) is 13.7. The summed E-state index contributed by atoms with van der Waals surface area (Å²) in [6, 6.07) is 9.67. The minimum atomic E-state index is -0.373. The maximum atomic E-state index is 11.4. The molecule has 0 atom stereocenters. The zero-order chi connectivity index (χ0) is 25.5. The van der Waals surface area contributed by atoms with Gasteiger partial charge >= 0.3 is 5.97 Å². The Morgan fingerprint density at radius 1 is 0.886 bits per heavy atom. The Hall–Kier alpha value is -2.09. The van der Waals surface area contributed by atoms with E-state index in [1.807, 2.05) is 39.8 Å². The van der Waals surface area contributed by atoms with Gasteiger partial charge in [0, 0.05) is 3.57 Å². The molecule has 2 aliphatic rings. The highest BCUT2D eigenvalue weighted by atomic mass is 127. The molecule has 0 saturated heterocycles. The second-order valence-electron chi connectivity index (χ2n) is 9.86. The molecular formula is C29H37IO5. The molecule has 2 saturated carbocycles. The van der Waals surface area contributed by atoms with E-state index >= 15 is 0 Å². The first-order valence-electron chi connectivity index (χ1n) is 12.6. The van der Waals surface area contributed by atoms with Crippen molar-refractivity contribution < 1.29 is 23.8 Å². The number of halogens is 1. The molecule has 2 aromatic carbocycles. The molecule has 0 amide bonds. The highest BCUT2D eigenvalue weighted by molar-refractivity contribution is 14.1. The fourth-order valence-electron chi connectivity index (χ4n) is 4.54. The zero-order valence-electron chi connectivity index (χ0n) is 21.4. The average molecular weight is 593 g/mol. The van der Waals surface area contributed by atoms with Crippen LogP contribution in [-0.4, -0.2) is 31.6 Å². The summed E-state index contributed by atoms with van der Waals surface area (Å²) in [7, 11) is 1.36. The normalized spacial score (nSPS) is 15.5. The number of rotatable bonds is 8. The summed E-state index contributed by atoms with van der Waals surface area (Å²) in [5.74, 6) is 2.35. The standard InChI is InChI=1S/C18H24O2.C11H13IO3/c1-12(2)20-18-10-17(13-5-3-4-6-13)16(14-7-8-14)9-15(18)11-19;1-7(2)15-10-6-8(12)4-5-9(10)11(13)14-3/h9-14H,3-8H2,1-2H3;4-7H,1-3H3. The molecule has 0 N–H and O–H groups in total. The number of benzene rings is 2. The molecule has 2 aliphatic carbocycles. The molecule has 0 spiro atoms. The Kier molecular flexibility index (Phi) is 10.0. The topological polar surface area (TPSA) is 61.8 Å². The summed E-state index contributed by atoms with van der Waals surface area (Å²) in [5, 5.41) is 0. The van der Waals surface area contributed by atoms with Gasteiger partial charge in [0.05, 0.1) is 24.9 Å². The first-order chi connectivity index (χ1) is 16.7. The van der Waals surface area contributed by atoms with Crippen LogP contribution in [0.3, 0.4) is 0 Å². The summed E-state index contributed by atoms with van der Waals surface area (Å²) >= 11 is 2.17. The molecule has 4 rings (SSSR count). The van der Waals surface area contributed by atoms with E-state index in [4.69, 9.17) is 9.47 Å². The van der Waals surface area contributed by atoms with E-state index in [2.05, 4.69) is 39.5 Å². The predicted octanol–water partition coefficient (Wildman–Crippen LogP) is 7.69. The van der Waals surface area contributed by atoms with Gasteiger partial charge in [0.25, 0.3) is 0 Å². The van der Waals surface area contributed by atoms with Crippen molar-refractivity contribution in [2.24, 2.45) is 0 Å². The van der Waals surface area contributed by atoms with E-state index in [9.17, 15) is 9.59 Å². The van der Waals surface area contributed by atoms with Gasteiger partial charge in [0.1, 0.15) is 17.1 Å². The van der Waals surface area contributed by atoms with Crippen LogP contribution >= 0.6 is 22.6 Å². The lowest BCUT2D eigenvalue weighted by molar-refractivity contribution is 0.0594. The lowest BCUT2D eigenvalue weighted by atomic mass is 9.89. The maximum absolute atomic E-state index is 11.4. The fourth-order valence-corrected chi connectivity index (χ4v) is 5.01. The third-order valence-corrected chi connectivity index (χ3v) is 6.90. The van der Waals surface area contributed by atoms with Gasteiger partial charge in [-0.05, 0) is 129 Å². The van der Waals surface area contributed by atoms with Gasteiger partial charge in [-0.2, -0.15) is 0 Å². The van der Waals surface area contributed by atoms with Crippen LogP contribution in [-0.2, 0) is 4.74 Å². The van der Waals surface area contributed by atoms with E-state index in [0.29, 0.717) is 23.1 Å². The highest BCUT2D eigenvalue weighted by Crippen LogP contribution is 2.48. The Balaban J connectivity index is 0.000000205. The smallest absolute Gasteiger partial charge is 0.341 e. The quantitative estimate of drug-likeness (QED) is 0.179. The van der Waals surface area contributed by atoms with Crippen LogP contribution < -0.4 is 9.47 Å². The number of carbonyl (C=O) groups excluding carboxylic acids is 2. The maximum Gasteiger partial charge on any atom is 0.341 e. The van der Waals surface area contributed by atoms with Crippen molar-refractivity contribution in [2.75, 3.05) is 7.11 Å². The van der Waals surface area contributed by atoms with Crippen molar-refractivity contribution in [2.45, 2.75) is 90.3 Å². The van der Waals surface area contributed by atoms with Gasteiger partial charge in [0.2, 0.25) is 0 Å². The fraction of sp³-hybridized carbons (Fsp3) is 0.517. The minimum absolute atomic E-state index is 0.0339. The summed E-state index contributed by atoms with van der Waals surface area (Å²) in [4.78, 5) is 22.8. The molecule has 2 aromatic rings. The molecule has 190 valence electrons. The molecule has 0 aromatic heterocycles. The first kappa shape index (κ1) is 27.5. The van der Waals surface area contributed by atoms with Crippen LogP contribution in [0.1, 0.15) is 110 Å². The van der Waals surface area contributed by atoms with Crippen LogP contribution in [0.5, 0.6) is 11.5 Å². The van der Waals surface area contributed by atoms with Crippen LogP contribution in [0.15, 0.2) is 30.3 Å². The van der Waals surface area contributed by atoms with Gasteiger partial charge in [-0.1, -0.05) is 12.8 Å². The largest absolute Gasteiger partial charge is 0.490 e. The van der Waals surface area contributed by atoms with Crippen molar-refractivity contribution in [3.63, 3.8) is 0 Å². The van der Waals surface area contributed by atoms with Gasteiger partial charge in [-0.25, -0.2) is 4.79 Å². The van der Waals surface area contributed by atoms with Crippen molar-refractivity contribution in [3.05, 3.63) is 56.2 Å². The number of aldehydes is 1. The van der Waals surface area contributed by atoms with Crippen molar-refractivity contribution in [1.29, 1.82) is 0 Å². The SMILES string of the molecule is CC(C)Oc1cc(C2CCCC2)c(C2CC2)cc1C=O.COC(=O)c1ccc(I)cc1OC(C)C. The summed E-state index contributed by atoms with van der Waals surface area (Å²) in [6.45, 7) is 7.86. The molecular weight excluding hydrogens is 555 g/mol. The molecule has 6 heteroatoms. The highest BCUT2D eigenvalue weighted by Gasteiger charge is 2.31. The molecule has 0 heterocycles. The van der Waals surface area contributed by atoms with E-state index < -0.39 is 0 Å². The van der Waals surface area contributed by atoms with Crippen LogP contribution in [0, 0.1) is 3.57 Å². The third kappa shape index (κ3) is 7.69. The van der Waals surface area contributed by atoms with Crippen LogP contribution in [0.25, 0.3) is 0 Å². The molecule has 0 bridgehead atoms. The number of esters is 1. The monoisotopic (exact) mass is 592 g/mol. The third-order valence-electron chi connectivity index (χ3n) is 6.23. The van der Waals surface area contributed by atoms with Gasteiger partial charge in [-0.3, -0.25) is 4.79 Å². The minimum Gasteiger partial charge on any atom is -0.490 e. The van der Waals surface area contributed by atoms with Gasteiger partial charge in [-0.15, -0.1) is 0 Å². The molecule has 5 nitrogen and oxygen atoms in total. The van der Waals surface area contributed by atoms with Crippen molar-refractivity contribution in [1.82, 2.24) is 0 Å². The molecule has 35 heavy (non-hydrogen) atoms. The van der Waals surface area contributed by atoms with Crippen molar-refractivity contribution >= 4 is 34.8 Å². The number of hydrogen-bond acceptors (Lipinski definition) is 5. The van der Waals surface area contributed by atoms with E-state index in [0.717, 1.165) is 21.2 Å². The number of ether oxygens (including phenoxy) is 3. The second kappa shape index (κ2) is 12.7. The predicted molar refractivity (Wildman–Crippen MR) is 147 cm³/mol. The van der Waals surface area contributed by atoms with Crippen LogP contribution in [0.4, 0.5) is 0 Å². The molecule has 0 unspecified atom stereocenters. The van der Waals surface area contributed by atoms with E-state index in [1.165, 1.54) is 56.8 Å². The van der Waals surface area contributed by atoms with Crippen LogP contribution in [0.2, 0.25) is 0 Å². The average Bonchev–Trinajstić information content (AvgIpc) is 3.51. The molecule has 0 radical (unpaired) electrons. The second-order valence-corrected chi connectivity index (χ2v) is 11.1. The number of methoxy groups -OCH3 is 1. The summed E-state index contributed by atoms with van der Waals surface area (Å²) in [5.41, 5.74) is 4.08. The Morgan fingerprint density at radius 3 is 2.00 bits per heavy atom.